The molecule has 0 bridgehead atoms. The standard InChI is InChI=1S/C9H19N3O/c1-9(2,6-10)12-4-3-7(5-12)8(11)13/h7H,3-6,10H2,1-2H3,(H2,11,13). The molecule has 0 aromatic carbocycles. The van der Waals surface area contributed by atoms with Crippen molar-refractivity contribution in [3.63, 3.8) is 0 Å². The number of carbonyl (C=O) groups is 1. The van der Waals surface area contributed by atoms with Gasteiger partial charge in [-0.05, 0) is 26.8 Å². The molecule has 13 heavy (non-hydrogen) atoms. The smallest absolute Gasteiger partial charge is 0.221 e. The van der Waals surface area contributed by atoms with Crippen LogP contribution in [0.15, 0.2) is 0 Å². The predicted molar refractivity (Wildman–Crippen MR) is 52.0 cm³/mol. The minimum absolute atomic E-state index is 0.00972. The van der Waals surface area contributed by atoms with E-state index in [4.69, 9.17) is 11.5 Å². The molecule has 4 nitrogen and oxygen atoms in total. The van der Waals surface area contributed by atoms with Gasteiger partial charge in [-0.3, -0.25) is 9.69 Å². The number of rotatable bonds is 3. The molecule has 1 amide bonds. The van der Waals surface area contributed by atoms with E-state index in [-0.39, 0.29) is 17.4 Å². The van der Waals surface area contributed by atoms with Gasteiger partial charge in [0, 0.05) is 18.6 Å². The zero-order valence-electron chi connectivity index (χ0n) is 8.42. The summed E-state index contributed by atoms with van der Waals surface area (Å²) in [6, 6.07) is 0. The molecule has 1 saturated heterocycles. The fraction of sp³-hybridized carbons (Fsp3) is 0.889. The zero-order valence-corrected chi connectivity index (χ0v) is 8.42. The summed E-state index contributed by atoms with van der Waals surface area (Å²) in [5, 5.41) is 0. The number of nitrogens with two attached hydrogens (primary N) is 2. The number of nitrogens with zero attached hydrogens (tertiary/aromatic N) is 1. The van der Waals surface area contributed by atoms with Crippen molar-refractivity contribution in [2.24, 2.45) is 17.4 Å². The summed E-state index contributed by atoms with van der Waals surface area (Å²) in [6.45, 7) is 6.49. The van der Waals surface area contributed by atoms with Crippen molar-refractivity contribution in [2.45, 2.75) is 25.8 Å². The number of hydrogen-bond donors (Lipinski definition) is 2. The molecule has 1 rings (SSSR count). The molecule has 0 aromatic rings. The van der Waals surface area contributed by atoms with Crippen molar-refractivity contribution in [1.29, 1.82) is 0 Å². The summed E-state index contributed by atoms with van der Waals surface area (Å²) in [7, 11) is 0. The second-order valence-electron chi connectivity index (χ2n) is 4.35. The molecule has 0 aromatic heterocycles. The summed E-state index contributed by atoms with van der Waals surface area (Å²) in [4.78, 5) is 13.2. The molecular weight excluding hydrogens is 166 g/mol. The van der Waals surface area contributed by atoms with Crippen molar-refractivity contribution < 1.29 is 4.79 Å². The van der Waals surface area contributed by atoms with Gasteiger partial charge in [-0.25, -0.2) is 0 Å². The van der Waals surface area contributed by atoms with Crippen LogP contribution < -0.4 is 11.5 Å². The van der Waals surface area contributed by atoms with Crippen molar-refractivity contribution in [2.75, 3.05) is 19.6 Å². The fourth-order valence-corrected chi connectivity index (χ4v) is 1.67. The maximum Gasteiger partial charge on any atom is 0.221 e. The van der Waals surface area contributed by atoms with Crippen molar-refractivity contribution in [1.82, 2.24) is 4.90 Å². The summed E-state index contributed by atoms with van der Waals surface area (Å²) in [5.41, 5.74) is 10.9. The summed E-state index contributed by atoms with van der Waals surface area (Å²) < 4.78 is 0. The Morgan fingerprint density at radius 1 is 1.62 bits per heavy atom. The lowest BCUT2D eigenvalue weighted by Crippen LogP contribution is -2.48. The van der Waals surface area contributed by atoms with E-state index in [2.05, 4.69) is 18.7 Å². The van der Waals surface area contributed by atoms with E-state index < -0.39 is 0 Å². The predicted octanol–water partition coefficient (Wildman–Crippen LogP) is -0.469. The third-order valence-electron chi connectivity index (χ3n) is 2.95. The van der Waals surface area contributed by atoms with Crippen molar-refractivity contribution in [3.8, 4) is 0 Å². The van der Waals surface area contributed by atoms with E-state index in [9.17, 15) is 4.79 Å². The first-order valence-electron chi connectivity index (χ1n) is 4.72. The van der Waals surface area contributed by atoms with E-state index in [1.807, 2.05) is 0 Å². The number of hydrogen-bond acceptors (Lipinski definition) is 3. The Labute approximate surface area is 79.3 Å². The first-order chi connectivity index (χ1) is 5.97. The van der Waals surface area contributed by atoms with Gasteiger partial charge < -0.3 is 11.5 Å². The average molecular weight is 185 g/mol. The summed E-state index contributed by atoms with van der Waals surface area (Å²) in [5.74, 6) is -0.166. The number of carbonyl (C=O) groups excluding carboxylic acids is 1. The molecule has 0 radical (unpaired) electrons. The van der Waals surface area contributed by atoms with E-state index >= 15 is 0 Å². The lowest BCUT2D eigenvalue weighted by molar-refractivity contribution is -0.121. The van der Waals surface area contributed by atoms with Crippen LogP contribution in [-0.2, 0) is 4.79 Å². The number of primary amides is 1. The fourth-order valence-electron chi connectivity index (χ4n) is 1.67. The van der Waals surface area contributed by atoms with Crippen LogP contribution in [0.2, 0.25) is 0 Å². The van der Waals surface area contributed by atoms with E-state index in [0.29, 0.717) is 6.54 Å². The zero-order chi connectivity index (χ0) is 10.1. The molecule has 1 atom stereocenters. The van der Waals surface area contributed by atoms with Gasteiger partial charge in [0.25, 0.3) is 0 Å². The maximum atomic E-state index is 10.9. The maximum absolute atomic E-state index is 10.9. The highest BCUT2D eigenvalue weighted by atomic mass is 16.1. The second-order valence-corrected chi connectivity index (χ2v) is 4.35. The topological polar surface area (TPSA) is 72.3 Å². The quantitative estimate of drug-likeness (QED) is 0.624. The van der Waals surface area contributed by atoms with Gasteiger partial charge >= 0.3 is 0 Å². The number of likely N-dealkylation sites (tertiary alicyclic amines) is 1. The molecule has 4 N–H and O–H groups in total. The van der Waals surface area contributed by atoms with Crippen LogP contribution in [-0.4, -0.2) is 36.0 Å². The van der Waals surface area contributed by atoms with Crippen LogP contribution in [0, 0.1) is 5.92 Å². The Morgan fingerprint density at radius 2 is 2.23 bits per heavy atom. The van der Waals surface area contributed by atoms with E-state index in [1.54, 1.807) is 0 Å². The third-order valence-corrected chi connectivity index (χ3v) is 2.95. The molecule has 0 aliphatic carbocycles. The Balaban J connectivity index is 2.54. The highest BCUT2D eigenvalue weighted by molar-refractivity contribution is 5.77. The highest BCUT2D eigenvalue weighted by Crippen LogP contribution is 2.23. The molecule has 76 valence electrons. The van der Waals surface area contributed by atoms with Crippen LogP contribution in [0.1, 0.15) is 20.3 Å². The summed E-state index contributed by atoms with van der Waals surface area (Å²) >= 11 is 0. The summed E-state index contributed by atoms with van der Waals surface area (Å²) in [6.07, 6.45) is 0.874. The molecule has 0 spiro atoms. The number of amides is 1. The van der Waals surface area contributed by atoms with E-state index in [0.717, 1.165) is 19.5 Å². The molecule has 1 aliphatic rings. The van der Waals surface area contributed by atoms with Crippen molar-refractivity contribution in [3.05, 3.63) is 0 Å². The normalized spacial score (nSPS) is 25.0. The van der Waals surface area contributed by atoms with Gasteiger partial charge in [0.05, 0.1) is 5.92 Å². The van der Waals surface area contributed by atoms with Crippen LogP contribution in [0.25, 0.3) is 0 Å². The van der Waals surface area contributed by atoms with Crippen LogP contribution in [0.3, 0.4) is 0 Å². The van der Waals surface area contributed by atoms with E-state index in [1.165, 1.54) is 0 Å². The lowest BCUT2D eigenvalue weighted by atomic mass is 10.0. The first-order valence-corrected chi connectivity index (χ1v) is 4.72. The minimum Gasteiger partial charge on any atom is -0.369 e. The van der Waals surface area contributed by atoms with Gasteiger partial charge in [-0.15, -0.1) is 0 Å². The Kier molecular flexibility index (Phi) is 2.93. The SMILES string of the molecule is CC(C)(CN)N1CCC(C(N)=O)C1. The molecule has 4 heteroatoms. The van der Waals surface area contributed by atoms with Gasteiger partial charge in [-0.1, -0.05) is 0 Å². The van der Waals surface area contributed by atoms with Crippen LogP contribution >= 0.6 is 0 Å². The van der Waals surface area contributed by atoms with Gasteiger partial charge in [0.15, 0.2) is 0 Å². The van der Waals surface area contributed by atoms with Crippen LogP contribution in [0.5, 0.6) is 0 Å². The molecular formula is C9H19N3O. The average Bonchev–Trinajstić information content (AvgIpc) is 2.52. The Bertz CT molecular complexity index is 203. The monoisotopic (exact) mass is 185 g/mol. The van der Waals surface area contributed by atoms with Crippen LogP contribution in [0.4, 0.5) is 0 Å². The Hall–Kier alpha value is -0.610. The molecule has 1 heterocycles. The largest absolute Gasteiger partial charge is 0.369 e. The van der Waals surface area contributed by atoms with Gasteiger partial charge in [0.1, 0.15) is 0 Å². The lowest BCUT2D eigenvalue weighted by Gasteiger charge is -2.34. The highest BCUT2D eigenvalue weighted by Gasteiger charge is 2.34. The first kappa shape index (κ1) is 10.5. The molecule has 1 unspecified atom stereocenters. The molecule has 1 aliphatic heterocycles. The molecule has 0 saturated carbocycles. The van der Waals surface area contributed by atoms with Gasteiger partial charge in [-0.2, -0.15) is 0 Å². The van der Waals surface area contributed by atoms with Crippen molar-refractivity contribution >= 4 is 5.91 Å². The Morgan fingerprint density at radius 3 is 2.62 bits per heavy atom. The second kappa shape index (κ2) is 3.64. The van der Waals surface area contributed by atoms with Gasteiger partial charge in [0.2, 0.25) is 5.91 Å². The molecule has 1 fully saturated rings. The minimum atomic E-state index is -0.185. The third kappa shape index (κ3) is 2.19.